The van der Waals surface area contributed by atoms with Crippen molar-refractivity contribution in [2.75, 3.05) is 17.1 Å². The normalized spacial score (nSPS) is 12.4. The first-order valence-corrected chi connectivity index (χ1v) is 10.6. The number of rotatable bonds is 8. The summed E-state index contributed by atoms with van der Waals surface area (Å²) < 4.78 is 26.0. The molecule has 0 saturated carbocycles. The van der Waals surface area contributed by atoms with E-state index in [1.165, 1.54) is 4.31 Å². The van der Waals surface area contributed by atoms with E-state index in [0.717, 1.165) is 17.4 Å². The Morgan fingerprint density at radius 2 is 1.81 bits per heavy atom. The van der Waals surface area contributed by atoms with Crippen LogP contribution in [0, 0.1) is 6.92 Å². The molecule has 2 aromatic rings. The van der Waals surface area contributed by atoms with Crippen LogP contribution in [0.3, 0.4) is 0 Å². The molecular weight excluding hydrogens is 348 g/mol. The van der Waals surface area contributed by atoms with E-state index in [-0.39, 0.29) is 5.91 Å². The Hall–Kier alpha value is -2.34. The first-order chi connectivity index (χ1) is 12.3. The number of nitrogens with zero attached hydrogens (tertiary/aromatic N) is 1. The molecule has 2 aromatic carbocycles. The van der Waals surface area contributed by atoms with E-state index in [0.29, 0.717) is 25.1 Å². The maximum absolute atomic E-state index is 12.7. The molecule has 1 amide bonds. The summed E-state index contributed by atoms with van der Waals surface area (Å²) >= 11 is 0. The number of hydrogen-bond acceptors (Lipinski definition) is 3. The molecule has 0 radical (unpaired) electrons. The number of amides is 1. The fourth-order valence-electron chi connectivity index (χ4n) is 2.92. The van der Waals surface area contributed by atoms with Gasteiger partial charge in [-0.3, -0.25) is 9.10 Å². The van der Waals surface area contributed by atoms with E-state index in [1.54, 1.807) is 18.2 Å². The lowest BCUT2D eigenvalue weighted by Gasteiger charge is -2.30. The molecule has 1 N–H and O–H groups in total. The Morgan fingerprint density at radius 1 is 1.12 bits per heavy atom. The van der Waals surface area contributed by atoms with Gasteiger partial charge in [0, 0.05) is 6.54 Å². The Labute approximate surface area is 156 Å². The van der Waals surface area contributed by atoms with Gasteiger partial charge in [0.1, 0.15) is 6.04 Å². The lowest BCUT2D eigenvalue weighted by molar-refractivity contribution is -0.122. The van der Waals surface area contributed by atoms with Gasteiger partial charge in [-0.05, 0) is 43.0 Å². The van der Waals surface area contributed by atoms with E-state index in [1.807, 2.05) is 50.2 Å². The Kier molecular flexibility index (Phi) is 6.80. The largest absolute Gasteiger partial charge is 0.354 e. The molecule has 5 nitrogen and oxygen atoms in total. The number of carbonyl (C=O) groups excluding carboxylic acids is 1. The van der Waals surface area contributed by atoms with E-state index >= 15 is 0 Å². The van der Waals surface area contributed by atoms with Crippen LogP contribution in [0.4, 0.5) is 5.69 Å². The molecule has 0 heterocycles. The zero-order chi connectivity index (χ0) is 19.2. The molecule has 0 fully saturated rings. The van der Waals surface area contributed by atoms with E-state index in [9.17, 15) is 13.2 Å². The molecular formula is C20H26N2O3S. The lowest BCUT2D eigenvalue weighted by Crippen LogP contribution is -2.49. The molecule has 0 bridgehead atoms. The third kappa shape index (κ3) is 5.33. The third-order valence-electron chi connectivity index (χ3n) is 4.14. The van der Waals surface area contributed by atoms with Gasteiger partial charge in [-0.2, -0.15) is 0 Å². The number of carbonyl (C=O) groups is 1. The second-order valence-electron chi connectivity index (χ2n) is 6.35. The van der Waals surface area contributed by atoms with Gasteiger partial charge >= 0.3 is 0 Å². The van der Waals surface area contributed by atoms with Crippen molar-refractivity contribution in [1.82, 2.24) is 5.32 Å². The number of aryl methyl sites for hydroxylation is 1. The molecule has 140 valence electrons. The summed E-state index contributed by atoms with van der Waals surface area (Å²) in [6, 6.07) is 16.3. The Morgan fingerprint density at radius 3 is 2.38 bits per heavy atom. The first-order valence-electron chi connectivity index (χ1n) is 8.70. The summed E-state index contributed by atoms with van der Waals surface area (Å²) in [7, 11) is -3.60. The highest BCUT2D eigenvalue weighted by Gasteiger charge is 2.31. The van der Waals surface area contributed by atoms with Crippen LogP contribution in [0.1, 0.15) is 24.5 Å². The molecule has 0 aromatic heterocycles. The van der Waals surface area contributed by atoms with Crippen LogP contribution in [-0.2, 0) is 21.2 Å². The van der Waals surface area contributed by atoms with Gasteiger partial charge in [-0.15, -0.1) is 0 Å². The molecule has 2 rings (SSSR count). The molecule has 1 atom stereocenters. The molecule has 0 spiro atoms. The number of nitrogens with one attached hydrogen (secondary N) is 1. The second kappa shape index (κ2) is 8.85. The predicted molar refractivity (Wildman–Crippen MR) is 106 cm³/mol. The highest BCUT2D eigenvalue weighted by Crippen LogP contribution is 2.23. The standard InChI is InChI=1S/C20H26N2O3S/c1-4-19(20(23)21-14-13-17-10-6-5-7-11-17)22(26(3,24)25)18-12-8-9-16(2)15-18/h5-12,15,19H,4,13-14H2,1-3H3,(H,21,23)/t19-/m1/s1. The van der Waals surface area contributed by atoms with Crippen LogP contribution in [0.5, 0.6) is 0 Å². The Balaban J connectivity index is 2.15. The highest BCUT2D eigenvalue weighted by atomic mass is 32.2. The van der Waals surface area contributed by atoms with Crippen LogP contribution < -0.4 is 9.62 Å². The third-order valence-corrected chi connectivity index (χ3v) is 5.32. The first kappa shape index (κ1) is 20.0. The molecule has 0 unspecified atom stereocenters. The van der Waals surface area contributed by atoms with Crippen molar-refractivity contribution in [1.29, 1.82) is 0 Å². The van der Waals surface area contributed by atoms with Crippen LogP contribution in [0.25, 0.3) is 0 Å². The molecule has 26 heavy (non-hydrogen) atoms. The summed E-state index contributed by atoms with van der Waals surface area (Å²) in [5, 5.41) is 2.87. The minimum Gasteiger partial charge on any atom is -0.354 e. The van der Waals surface area contributed by atoms with Crippen molar-refractivity contribution < 1.29 is 13.2 Å². The average Bonchev–Trinajstić information content (AvgIpc) is 2.59. The quantitative estimate of drug-likeness (QED) is 0.773. The fraction of sp³-hybridized carbons (Fsp3) is 0.350. The SMILES string of the molecule is CC[C@H](C(=O)NCCc1ccccc1)N(c1cccc(C)c1)S(C)(=O)=O. The number of benzene rings is 2. The smallest absolute Gasteiger partial charge is 0.243 e. The maximum atomic E-state index is 12.7. The van der Waals surface area contributed by atoms with Gasteiger partial charge in [-0.1, -0.05) is 49.4 Å². The van der Waals surface area contributed by atoms with Crippen molar-refractivity contribution in [3.63, 3.8) is 0 Å². The van der Waals surface area contributed by atoms with Crippen LogP contribution in [0.2, 0.25) is 0 Å². The predicted octanol–water partition coefficient (Wildman–Crippen LogP) is 2.90. The van der Waals surface area contributed by atoms with Crippen molar-refractivity contribution in [2.45, 2.75) is 32.7 Å². The van der Waals surface area contributed by atoms with Crippen molar-refractivity contribution in [2.24, 2.45) is 0 Å². The molecule has 0 saturated heterocycles. The summed E-state index contributed by atoms with van der Waals surface area (Å²) in [6.45, 7) is 4.17. The van der Waals surface area contributed by atoms with Crippen molar-refractivity contribution >= 4 is 21.6 Å². The topological polar surface area (TPSA) is 66.5 Å². The van der Waals surface area contributed by atoms with Crippen LogP contribution in [0.15, 0.2) is 54.6 Å². The number of sulfonamides is 1. The molecule has 0 aliphatic rings. The average molecular weight is 375 g/mol. The monoisotopic (exact) mass is 374 g/mol. The minimum absolute atomic E-state index is 0.282. The summed E-state index contributed by atoms with van der Waals surface area (Å²) in [5.41, 5.74) is 2.58. The van der Waals surface area contributed by atoms with Crippen molar-refractivity contribution in [3.05, 3.63) is 65.7 Å². The minimum atomic E-state index is -3.60. The van der Waals surface area contributed by atoms with Crippen LogP contribution >= 0.6 is 0 Å². The summed E-state index contributed by atoms with van der Waals surface area (Å²) in [6.07, 6.45) is 2.22. The Bertz CT molecular complexity index is 835. The fourth-order valence-corrected chi connectivity index (χ4v) is 4.12. The van der Waals surface area contributed by atoms with E-state index < -0.39 is 16.1 Å². The zero-order valence-corrected chi connectivity index (χ0v) is 16.3. The van der Waals surface area contributed by atoms with Crippen LogP contribution in [-0.4, -0.2) is 33.2 Å². The van der Waals surface area contributed by atoms with Gasteiger partial charge in [0.15, 0.2) is 0 Å². The highest BCUT2D eigenvalue weighted by molar-refractivity contribution is 7.92. The summed E-state index contributed by atoms with van der Waals surface area (Å²) in [4.78, 5) is 12.7. The molecule has 0 aliphatic heterocycles. The molecule has 6 heteroatoms. The van der Waals surface area contributed by atoms with Gasteiger partial charge < -0.3 is 5.32 Å². The summed E-state index contributed by atoms with van der Waals surface area (Å²) in [5.74, 6) is -0.282. The zero-order valence-electron chi connectivity index (χ0n) is 15.5. The van der Waals surface area contributed by atoms with Gasteiger partial charge in [0.2, 0.25) is 15.9 Å². The number of hydrogen-bond donors (Lipinski definition) is 1. The van der Waals surface area contributed by atoms with Gasteiger partial charge in [-0.25, -0.2) is 8.42 Å². The number of anilines is 1. The van der Waals surface area contributed by atoms with Crippen molar-refractivity contribution in [3.8, 4) is 0 Å². The second-order valence-corrected chi connectivity index (χ2v) is 8.21. The van der Waals surface area contributed by atoms with E-state index in [2.05, 4.69) is 5.32 Å². The van der Waals surface area contributed by atoms with E-state index in [4.69, 9.17) is 0 Å². The maximum Gasteiger partial charge on any atom is 0.243 e. The molecule has 0 aliphatic carbocycles. The van der Waals surface area contributed by atoms with Gasteiger partial charge in [0.05, 0.1) is 11.9 Å². The lowest BCUT2D eigenvalue weighted by atomic mass is 10.1. The van der Waals surface area contributed by atoms with Gasteiger partial charge in [0.25, 0.3) is 0 Å².